The zero-order chi connectivity index (χ0) is 21.7. The van der Waals surface area contributed by atoms with Crippen LogP contribution in [0.4, 0.5) is 5.69 Å². The number of anilines is 1. The van der Waals surface area contributed by atoms with E-state index in [-0.39, 0.29) is 5.91 Å². The molecule has 3 aromatic rings. The van der Waals surface area contributed by atoms with Crippen LogP contribution in [0.25, 0.3) is 10.8 Å². The largest absolute Gasteiger partial charge is 0.481 e. The molecule has 0 aromatic heterocycles. The van der Waals surface area contributed by atoms with E-state index in [1.807, 2.05) is 37.3 Å². The summed E-state index contributed by atoms with van der Waals surface area (Å²) in [5.74, 6) is 0.316. The normalized spacial score (nSPS) is 12.4. The molecule has 0 aliphatic rings. The number of amides is 1. The van der Waals surface area contributed by atoms with Crippen molar-refractivity contribution >= 4 is 32.4 Å². The van der Waals surface area contributed by atoms with E-state index in [9.17, 15) is 13.2 Å². The molecule has 0 fully saturated rings. The lowest BCUT2D eigenvalue weighted by molar-refractivity contribution is -0.128. The van der Waals surface area contributed by atoms with Crippen LogP contribution < -0.4 is 14.4 Å². The molecule has 0 saturated carbocycles. The van der Waals surface area contributed by atoms with Crippen LogP contribution in [0.2, 0.25) is 0 Å². The molecule has 0 radical (unpaired) electrons. The number of hydrogen-bond donors (Lipinski definition) is 1. The fourth-order valence-electron chi connectivity index (χ4n) is 3.06. The molecule has 1 N–H and O–H groups in total. The summed E-state index contributed by atoms with van der Waals surface area (Å²) in [6.45, 7) is 2.30. The van der Waals surface area contributed by atoms with Gasteiger partial charge in [-0.2, -0.15) is 0 Å². The Labute approximate surface area is 177 Å². The highest BCUT2D eigenvalue weighted by Gasteiger charge is 2.19. The van der Waals surface area contributed by atoms with Crippen LogP contribution in [0, 0.1) is 0 Å². The number of carbonyl (C=O) groups is 1. The summed E-state index contributed by atoms with van der Waals surface area (Å²) in [6, 6.07) is 20.8. The number of ether oxygens (including phenoxy) is 1. The van der Waals surface area contributed by atoms with Crippen LogP contribution in [-0.2, 0) is 21.4 Å². The summed E-state index contributed by atoms with van der Waals surface area (Å²) in [5, 5.41) is 5.22. The Balaban J connectivity index is 1.61. The summed E-state index contributed by atoms with van der Waals surface area (Å²) in [6.07, 6.45) is 1.02. The minimum atomic E-state index is -3.33. The first kappa shape index (κ1) is 21.6. The van der Waals surface area contributed by atoms with Crippen LogP contribution in [0.15, 0.2) is 66.7 Å². The average Bonchev–Trinajstić information content (AvgIpc) is 2.75. The van der Waals surface area contributed by atoms with Gasteiger partial charge < -0.3 is 10.1 Å². The molecule has 0 unspecified atom stereocenters. The van der Waals surface area contributed by atoms with Crippen molar-refractivity contribution in [2.45, 2.75) is 26.0 Å². The molecule has 1 amide bonds. The van der Waals surface area contributed by atoms with Crippen molar-refractivity contribution in [1.29, 1.82) is 0 Å². The summed E-state index contributed by atoms with van der Waals surface area (Å²) in [4.78, 5) is 12.6. The van der Waals surface area contributed by atoms with E-state index in [1.165, 1.54) is 11.4 Å². The summed E-state index contributed by atoms with van der Waals surface area (Å²) in [7, 11) is -1.84. The minimum absolute atomic E-state index is 0.192. The van der Waals surface area contributed by atoms with E-state index in [1.54, 1.807) is 24.3 Å². The molecule has 3 rings (SSSR count). The zero-order valence-corrected chi connectivity index (χ0v) is 18.1. The van der Waals surface area contributed by atoms with Crippen molar-refractivity contribution < 1.29 is 17.9 Å². The van der Waals surface area contributed by atoms with Gasteiger partial charge in [0.15, 0.2) is 6.10 Å². The molecule has 0 bridgehead atoms. The first-order chi connectivity index (χ1) is 14.3. The molecular formula is C23H26N2O4S. The van der Waals surface area contributed by atoms with Gasteiger partial charge in [0.05, 0.1) is 11.9 Å². The van der Waals surface area contributed by atoms with Crippen LogP contribution in [0.5, 0.6) is 5.75 Å². The van der Waals surface area contributed by atoms with Crippen molar-refractivity contribution in [1.82, 2.24) is 5.32 Å². The third kappa shape index (κ3) is 5.30. The molecule has 0 saturated heterocycles. The maximum absolute atomic E-state index is 12.6. The van der Waals surface area contributed by atoms with Gasteiger partial charge in [-0.15, -0.1) is 0 Å². The van der Waals surface area contributed by atoms with Gasteiger partial charge in [0.1, 0.15) is 5.75 Å². The minimum Gasteiger partial charge on any atom is -0.481 e. The summed E-state index contributed by atoms with van der Waals surface area (Å²) >= 11 is 0. The number of rotatable bonds is 8. The third-order valence-corrected chi connectivity index (χ3v) is 6.13. The number of nitrogens with one attached hydrogen (secondary N) is 1. The molecule has 6 nitrogen and oxygen atoms in total. The topological polar surface area (TPSA) is 75.7 Å². The molecule has 30 heavy (non-hydrogen) atoms. The highest BCUT2D eigenvalue weighted by Crippen LogP contribution is 2.22. The quantitative estimate of drug-likeness (QED) is 0.596. The molecule has 0 aliphatic heterocycles. The Morgan fingerprint density at radius 2 is 1.70 bits per heavy atom. The summed E-state index contributed by atoms with van der Waals surface area (Å²) < 4.78 is 30.3. The Bertz CT molecular complexity index is 1130. The van der Waals surface area contributed by atoms with Gasteiger partial charge in [0.2, 0.25) is 10.0 Å². The number of carbonyl (C=O) groups excluding carboxylic acids is 1. The van der Waals surface area contributed by atoms with Crippen molar-refractivity contribution in [2.75, 3.05) is 17.6 Å². The number of fused-ring (bicyclic) bond motifs is 1. The third-order valence-electron chi connectivity index (χ3n) is 4.92. The maximum atomic E-state index is 12.6. The lowest BCUT2D eigenvalue weighted by Crippen LogP contribution is -2.37. The number of sulfonamides is 1. The van der Waals surface area contributed by atoms with Gasteiger partial charge in [-0.05, 0) is 53.1 Å². The molecule has 3 aromatic carbocycles. The molecule has 0 heterocycles. The molecule has 158 valence electrons. The van der Waals surface area contributed by atoms with E-state index in [0.29, 0.717) is 24.4 Å². The Hall–Kier alpha value is -3.06. The van der Waals surface area contributed by atoms with Crippen LogP contribution in [-0.4, -0.2) is 33.7 Å². The fraction of sp³-hybridized carbons (Fsp3) is 0.261. The van der Waals surface area contributed by atoms with Crippen LogP contribution >= 0.6 is 0 Å². The standard InChI is InChI=1S/C23H26N2O4S/c1-4-22(29-21-13-11-20(12-14-21)25(2)30(3,27)28)23(26)24-16-17-9-10-18-7-5-6-8-19(18)15-17/h5-15,22H,4,16H2,1-3H3,(H,24,26)/t22-/m1/s1. The Kier molecular flexibility index (Phi) is 6.62. The van der Waals surface area contributed by atoms with Gasteiger partial charge in [-0.25, -0.2) is 8.42 Å². The van der Waals surface area contributed by atoms with Crippen molar-refractivity contribution in [2.24, 2.45) is 0 Å². The predicted octanol–water partition coefficient (Wildman–Crippen LogP) is 3.71. The molecule has 7 heteroatoms. The highest BCUT2D eigenvalue weighted by atomic mass is 32.2. The van der Waals surface area contributed by atoms with E-state index < -0.39 is 16.1 Å². The lowest BCUT2D eigenvalue weighted by Gasteiger charge is -2.19. The van der Waals surface area contributed by atoms with Crippen molar-refractivity contribution in [3.05, 3.63) is 72.3 Å². The number of hydrogen-bond acceptors (Lipinski definition) is 4. The lowest BCUT2D eigenvalue weighted by atomic mass is 10.1. The highest BCUT2D eigenvalue weighted by molar-refractivity contribution is 7.92. The van der Waals surface area contributed by atoms with Gasteiger partial charge in [0, 0.05) is 13.6 Å². The van der Waals surface area contributed by atoms with E-state index in [4.69, 9.17) is 4.74 Å². The fourth-order valence-corrected chi connectivity index (χ4v) is 3.57. The smallest absolute Gasteiger partial charge is 0.261 e. The predicted molar refractivity (Wildman–Crippen MR) is 120 cm³/mol. The van der Waals surface area contributed by atoms with Crippen LogP contribution in [0.1, 0.15) is 18.9 Å². The molecule has 0 aliphatic carbocycles. The first-order valence-electron chi connectivity index (χ1n) is 9.74. The van der Waals surface area contributed by atoms with Gasteiger partial charge in [-0.3, -0.25) is 9.10 Å². The van der Waals surface area contributed by atoms with Crippen molar-refractivity contribution in [3.63, 3.8) is 0 Å². The second-order valence-corrected chi connectivity index (χ2v) is 9.15. The molecular weight excluding hydrogens is 400 g/mol. The van der Waals surface area contributed by atoms with Gasteiger partial charge in [-0.1, -0.05) is 43.3 Å². The van der Waals surface area contributed by atoms with E-state index in [0.717, 1.165) is 22.6 Å². The van der Waals surface area contributed by atoms with Gasteiger partial charge >= 0.3 is 0 Å². The molecule has 0 spiro atoms. The SMILES string of the molecule is CC[C@@H](Oc1ccc(N(C)S(C)(=O)=O)cc1)C(=O)NCc1ccc2ccccc2c1. The maximum Gasteiger partial charge on any atom is 0.261 e. The summed E-state index contributed by atoms with van der Waals surface area (Å²) in [5.41, 5.74) is 1.55. The van der Waals surface area contributed by atoms with Crippen LogP contribution in [0.3, 0.4) is 0 Å². The Morgan fingerprint density at radius 1 is 1.03 bits per heavy atom. The number of benzene rings is 3. The van der Waals surface area contributed by atoms with Crippen molar-refractivity contribution in [3.8, 4) is 5.75 Å². The van der Waals surface area contributed by atoms with E-state index in [2.05, 4.69) is 17.4 Å². The molecule has 1 atom stereocenters. The van der Waals surface area contributed by atoms with E-state index >= 15 is 0 Å². The average molecular weight is 427 g/mol. The second kappa shape index (κ2) is 9.17. The second-order valence-electron chi connectivity index (χ2n) is 7.14. The van der Waals surface area contributed by atoms with Gasteiger partial charge in [0.25, 0.3) is 5.91 Å². The number of nitrogens with zero attached hydrogens (tertiary/aromatic N) is 1. The monoisotopic (exact) mass is 426 g/mol. The first-order valence-corrected chi connectivity index (χ1v) is 11.6. The Morgan fingerprint density at radius 3 is 2.33 bits per heavy atom. The zero-order valence-electron chi connectivity index (χ0n) is 17.3.